The van der Waals surface area contributed by atoms with Crippen LogP contribution in [-0.2, 0) is 0 Å². The van der Waals surface area contributed by atoms with E-state index in [-0.39, 0.29) is 11.9 Å². The van der Waals surface area contributed by atoms with E-state index in [2.05, 4.69) is 32.8 Å². The molecule has 0 unspecified atom stereocenters. The van der Waals surface area contributed by atoms with E-state index in [0.29, 0.717) is 0 Å². The van der Waals surface area contributed by atoms with E-state index in [9.17, 15) is 4.39 Å². The van der Waals surface area contributed by atoms with E-state index in [4.69, 9.17) is 4.98 Å². The minimum atomic E-state index is -0.223. The molecule has 1 aliphatic rings. The zero-order chi connectivity index (χ0) is 19.1. The monoisotopic (exact) mass is 375 g/mol. The van der Waals surface area contributed by atoms with Crippen molar-refractivity contribution in [3.05, 3.63) is 66.4 Å². The van der Waals surface area contributed by atoms with Crippen LogP contribution in [0.5, 0.6) is 0 Å². The summed E-state index contributed by atoms with van der Waals surface area (Å²) in [4.78, 5) is 17.3. The third-order valence-corrected chi connectivity index (χ3v) is 5.69. The van der Waals surface area contributed by atoms with Crippen LogP contribution in [-0.4, -0.2) is 46.0 Å². The van der Waals surface area contributed by atoms with Crippen LogP contribution in [0.2, 0.25) is 0 Å². The van der Waals surface area contributed by atoms with E-state index >= 15 is 0 Å². The predicted molar refractivity (Wildman–Crippen MR) is 110 cm³/mol. The molecule has 0 bridgehead atoms. The van der Waals surface area contributed by atoms with E-state index in [1.54, 1.807) is 18.3 Å². The van der Waals surface area contributed by atoms with Crippen molar-refractivity contribution in [2.45, 2.75) is 13.0 Å². The average molecular weight is 375 g/mol. The van der Waals surface area contributed by atoms with Crippen LogP contribution in [0.15, 0.2) is 54.7 Å². The number of hydrogen-bond acceptors (Lipinski definition) is 4. The molecule has 2 aromatic heterocycles. The van der Waals surface area contributed by atoms with Gasteiger partial charge in [-0.25, -0.2) is 9.37 Å². The molecular formula is C22H22FN5. The Balaban J connectivity index is 1.34. The molecule has 2 aromatic carbocycles. The van der Waals surface area contributed by atoms with Gasteiger partial charge in [-0.1, -0.05) is 12.1 Å². The molecule has 3 heterocycles. The fourth-order valence-corrected chi connectivity index (χ4v) is 4.07. The highest BCUT2D eigenvalue weighted by molar-refractivity contribution is 5.91. The number of rotatable bonds is 3. The number of piperazine rings is 1. The van der Waals surface area contributed by atoms with Crippen molar-refractivity contribution in [3.8, 4) is 0 Å². The molecule has 1 fully saturated rings. The van der Waals surface area contributed by atoms with Crippen molar-refractivity contribution < 1.29 is 4.39 Å². The predicted octanol–water partition coefficient (Wildman–Crippen LogP) is 4.13. The summed E-state index contributed by atoms with van der Waals surface area (Å²) in [7, 11) is 0. The van der Waals surface area contributed by atoms with Gasteiger partial charge in [0.15, 0.2) is 0 Å². The molecule has 1 N–H and O–H groups in total. The summed E-state index contributed by atoms with van der Waals surface area (Å²) in [5.41, 5.74) is 3.97. The Kier molecular flexibility index (Phi) is 4.20. The molecule has 1 atom stereocenters. The van der Waals surface area contributed by atoms with Crippen LogP contribution in [0.4, 0.5) is 10.1 Å². The first-order chi connectivity index (χ1) is 13.7. The summed E-state index contributed by atoms with van der Waals surface area (Å²) in [6.45, 7) is 5.83. The molecule has 0 aliphatic carbocycles. The maximum Gasteiger partial charge on any atom is 0.124 e. The Labute approximate surface area is 162 Å². The van der Waals surface area contributed by atoms with Crippen molar-refractivity contribution in [3.63, 3.8) is 0 Å². The second-order valence-electron chi connectivity index (χ2n) is 7.33. The molecule has 5 rings (SSSR count). The molecule has 0 amide bonds. The lowest BCUT2D eigenvalue weighted by molar-refractivity contribution is 0.193. The van der Waals surface area contributed by atoms with Crippen LogP contribution >= 0.6 is 0 Å². The minimum absolute atomic E-state index is 0.223. The number of pyridine rings is 1. The molecule has 0 saturated carbocycles. The molecule has 1 aliphatic heterocycles. The quantitative estimate of drug-likeness (QED) is 0.585. The topological polar surface area (TPSA) is 48.1 Å². The lowest BCUT2D eigenvalue weighted by Crippen LogP contribution is -2.47. The van der Waals surface area contributed by atoms with Crippen LogP contribution < -0.4 is 4.90 Å². The fourth-order valence-electron chi connectivity index (χ4n) is 4.07. The number of aromatic nitrogens is 3. The molecule has 0 radical (unpaired) electrons. The Morgan fingerprint density at radius 3 is 2.64 bits per heavy atom. The zero-order valence-electron chi connectivity index (χ0n) is 15.8. The van der Waals surface area contributed by atoms with Crippen molar-refractivity contribution in [2.24, 2.45) is 0 Å². The number of aromatic amines is 1. The van der Waals surface area contributed by atoms with Gasteiger partial charge in [-0.3, -0.25) is 9.88 Å². The van der Waals surface area contributed by atoms with E-state index in [1.807, 2.05) is 24.3 Å². The Bertz CT molecular complexity index is 1100. The van der Waals surface area contributed by atoms with Crippen LogP contribution in [0.3, 0.4) is 0 Å². The number of benzene rings is 2. The minimum Gasteiger partial charge on any atom is -0.368 e. The van der Waals surface area contributed by atoms with Crippen molar-refractivity contribution >= 4 is 27.6 Å². The van der Waals surface area contributed by atoms with Crippen LogP contribution in [0, 0.1) is 5.82 Å². The second kappa shape index (κ2) is 6.87. The van der Waals surface area contributed by atoms with Gasteiger partial charge in [0.1, 0.15) is 11.6 Å². The molecular weight excluding hydrogens is 353 g/mol. The van der Waals surface area contributed by atoms with E-state index < -0.39 is 0 Å². The van der Waals surface area contributed by atoms with Crippen molar-refractivity contribution in [2.75, 3.05) is 31.1 Å². The number of imidazole rings is 1. The van der Waals surface area contributed by atoms with Gasteiger partial charge in [-0.15, -0.1) is 0 Å². The van der Waals surface area contributed by atoms with Gasteiger partial charge >= 0.3 is 0 Å². The maximum atomic E-state index is 13.8. The highest BCUT2D eigenvalue weighted by atomic mass is 19.1. The standard InChI is InChI=1S/C22H22FN5/c1-15(22-25-19-4-2-3-5-20(19)26-22)27-10-12-28(13-11-27)21-8-9-24-18-7-6-16(23)14-17(18)21/h2-9,14-15H,10-13H2,1H3,(H,25,26)/t15-/m1/s1. The van der Waals surface area contributed by atoms with Crippen molar-refractivity contribution in [1.82, 2.24) is 19.9 Å². The fraction of sp³-hybridized carbons (Fsp3) is 0.273. The number of nitrogens with one attached hydrogen (secondary N) is 1. The van der Waals surface area contributed by atoms with Gasteiger partial charge in [0, 0.05) is 43.4 Å². The van der Waals surface area contributed by atoms with Crippen molar-refractivity contribution in [1.29, 1.82) is 0 Å². The van der Waals surface area contributed by atoms with Crippen LogP contribution in [0.25, 0.3) is 21.9 Å². The van der Waals surface area contributed by atoms with Gasteiger partial charge in [-0.2, -0.15) is 0 Å². The Hall–Kier alpha value is -2.99. The smallest absolute Gasteiger partial charge is 0.124 e. The van der Waals surface area contributed by atoms with Crippen LogP contribution in [0.1, 0.15) is 18.8 Å². The summed E-state index contributed by atoms with van der Waals surface area (Å²) in [6, 6.07) is 15.1. The third-order valence-electron chi connectivity index (χ3n) is 5.69. The lowest BCUT2D eigenvalue weighted by Gasteiger charge is -2.38. The highest BCUT2D eigenvalue weighted by Gasteiger charge is 2.25. The van der Waals surface area contributed by atoms with Gasteiger partial charge < -0.3 is 9.88 Å². The largest absolute Gasteiger partial charge is 0.368 e. The summed E-state index contributed by atoms with van der Waals surface area (Å²) < 4.78 is 13.8. The highest BCUT2D eigenvalue weighted by Crippen LogP contribution is 2.29. The number of fused-ring (bicyclic) bond motifs is 2. The summed E-state index contributed by atoms with van der Waals surface area (Å²) in [6.07, 6.45) is 1.80. The van der Waals surface area contributed by atoms with Gasteiger partial charge in [0.05, 0.1) is 22.6 Å². The number of hydrogen-bond donors (Lipinski definition) is 1. The first-order valence-electron chi connectivity index (χ1n) is 9.67. The Morgan fingerprint density at radius 1 is 1.00 bits per heavy atom. The molecule has 142 valence electrons. The maximum absolute atomic E-state index is 13.8. The number of H-pyrrole nitrogens is 1. The molecule has 6 heteroatoms. The zero-order valence-corrected chi connectivity index (χ0v) is 15.8. The molecule has 0 spiro atoms. The number of nitrogens with zero attached hydrogens (tertiary/aromatic N) is 4. The molecule has 28 heavy (non-hydrogen) atoms. The second-order valence-corrected chi connectivity index (χ2v) is 7.33. The number of para-hydroxylation sites is 2. The summed E-state index contributed by atoms with van der Waals surface area (Å²) >= 11 is 0. The van der Waals surface area contributed by atoms with Gasteiger partial charge in [0.25, 0.3) is 0 Å². The van der Waals surface area contributed by atoms with Gasteiger partial charge in [-0.05, 0) is 43.3 Å². The average Bonchev–Trinajstić information content (AvgIpc) is 3.17. The molecule has 5 nitrogen and oxygen atoms in total. The first-order valence-corrected chi connectivity index (χ1v) is 9.67. The molecule has 1 saturated heterocycles. The third kappa shape index (κ3) is 2.99. The number of halogens is 1. The van der Waals surface area contributed by atoms with E-state index in [1.165, 1.54) is 6.07 Å². The molecule has 4 aromatic rings. The summed E-state index contributed by atoms with van der Waals surface area (Å²) in [5.74, 6) is 0.782. The van der Waals surface area contributed by atoms with E-state index in [0.717, 1.165) is 59.6 Å². The number of anilines is 1. The lowest BCUT2D eigenvalue weighted by atomic mass is 10.1. The SMILES string of the molecule is C[C@H](c1nc2ccccc2[nH]1)N1CCN(c2ccnc3ccc(F)cc23)CC1. The van der Waals surface area contributed by atoms with Gasteiger partial charge in [0.2, 0.25) is 0 Å². The Morgan fingerprint density at radius 2 is 1.82 bits per heavy atom. The first kappa shape index (κ1) is 17.1. The summed E-state index contributed by atoms with van der Waals surface area (Å²) in [5, 5.41) is 0.876. The normalized spacial score (nSPS) is 16.7.